The van der Waals surface area contributed by atoms with E-state index in [9.17, 15) is 0 Å². The second-order valence-corrected chi connectivity index (χ2v) is 6.33. The van der Waals surface area contributed by atoms with Crippen LogP contribution >= 0.6 is 24.2 Å². The highest BCUT2D eigenvalue weighted by Crippen LogP contribution is 2.19. The van der Waals surface area contributed by atoms with Crippen LogP contribution in [0.2, 0.25) is 5.02 Å². The molecule has 0 amide bonds. The summed E-state index contributed by atoms with van der Waals surface area (Å²) in [5, 5.41) is 0.814. The van der Waals surface area contributed by atoms with Crippen LogP contribution in [-0.4, -0.2) is 43.4 Å². The molecule has 2 nitrogen and oxygen atoms in total. The normalized spacial score (nSPS) is 16.6. The molecule has 0 atom stereocenters. The zero-order valence-electron chi connectivity index (χ0n) is 12.1. The quantitative estimate of drug-likeness (QED) is 0.601. The van der Waals surface area contributed by atoms with Crippen molar-refractivity contribution in [2.45, 2.75) is 25.7 Å². The Balaban J connectivity index is 1.66. The topological polar surface area (TPSA) is 6.48 Å². The average Bonchev–Trinajstić information content (AvgIpc) is 2.49. The third-order valence-electron chi connectivity index (χ3n) is 3.95. The van der Waals surface area contributed by atoms with Crippen LogP contribution in [0.5, 0.6) is 0 Å². The summed E-state index contributed by atoms with van der Waals surface area (Å²) in [4.78, 5) is 5.04. The molecule has 0 spiro atoms. The average molecular weight is 313 g/mol. The van der Waals surface area contributed by atoms with Crippen molar-refractivity contribution in [2.24, 2.45) is 0 Å². The second kappa shape index (κ2) is 8.81. The smallest absolute Gasteiger partial charge is 0.0407 e. The van der Waals surface area contributed by atoms with Gasteiger partial charge in [-0.1, -0.05) is 24.4 Å². The summed E-state index contributed by atoms with van der Waals surface area (Å²) >= 11 is 10.2. The molecule has 0 N–H and O–H groups in total. The first-order valence-corrected chi connectivity index (χ1v) is 8.64. The van der Waals surface area contributed by atoms with Gasteiger partial charge >= 0.3 is 0 Å². The summed E-state index contributed by atoms with van der Waals surface area (Å²) < 4.78 is 0. The molecule has 1 aliphatic rings. The molecule has 4 heteroatoms. The van der Waals surface area contributed by atoms with E-state index < -0.39 is 0 Å². The maximum Gasteiger partial charge on any atom is 0.0407 e. The maximum absolute atomic E-state index is 5.94. The van der Waals surface area contributed by atoms with Gasteiger partial charge in [0.05, 0.1) is 0 Å². The number of hydrogen-bond donors (Lipinski definition) is 1. The highest BCUT2D eigenvalue weighted by atomic mass is 35.5. The molecule has 1 fully saturated rings. The van der Waals surface area contributed by atoms with Crippen molar-refractivity contribution in [3.8, 4) is 0 Å². The van der Waals surface area contributed by atoms with E-state index in [1.165, 1.54) is 51.0 Å². The van der Waals surface area contributed by atoms with Crippen molar-refractivity contribution in [3.05, 3.63) is 29.3 Å². The van der Waals surface area contributed by atoms with E-state index in [0.717, 1.165) is 23.9 Å². The predicted molar refractivity (Wildman–Crippen MR) is 92.4 cm³/mol. The van der Waals surface area contributed by atoms with Gasteiger partial charge in [0, 0.05) is 36.9 Å². The van der Waals surface area contributed by atoms with Gasteiger partial charge in [-0.25, -0.2) is 0 Å². The lowest BCUT2D eigenvalue weighted by molar-refractivity contribution is 0.252. The molecular weight excluding hydrogens is 288 g/mol. The van der Waals surface area contributed by atoms with E-state index in [-0.39, 0.29) is 0 Å². The number of benzene rings is 1. The van der Waals surface area contributed by atoms with Gasteiger partial charge in [0.15, 0.2) is 0 Å². The van der Waals surface area contributed by atoms with Crippen molar-refractivity contribution in [1.82, 2.24) is 4.90 Å². The summed E-state index contributed by atoms with van der Waals surface area (Å²) in [5.74, 6) is 1.03. The number of halogens is 1. The molecule has 0 unspecified atom stereocenters. The lowest BCUT2D eigenvalue weighted by Gasteiger charge is -2.36. The highest BCUT2D eigenvalue weighted by molar-refractivity contribution is 7.80. The Bertz CT molecular complexity index is 375. The van der Waals surface area contributed by atoms with Crippen LogP contribution in [0.1, 0.15) is 25.7 Å². The Morgan fingerprint density at radius 1 is 0.900 bits per heavy atom. The monoisotopic (exact) mass is 312 g/mol. The molecule has 2 rings (SSSR count). The third-order valence-corrected chi connectivity index (χ3v) is 4.51. The predicted octanol–water partition coefficient (Wildman–Crippen LogP) is 3.95. The standard InChI is InChI=1S/C16H25ClN2S/c17-15-5-7-16(8-6-15)19-12-10-18(11-13-19)9-3-1-2-4-14-20/h5-8,20H,1-4,9-14H2. The van der Waals surface area contributed by atoms with Crippen LogP contribution in [0.3, 0.4) is 0 Å². The lowest BCUT2D eigenvalue weighted by Crippen LogP contribution is -2.46. The molecule has 0 saturated carbocycles. The number of nitrogens with zero attached hydrogens (tertiary/aromatic N) is 2. The molecule has 1 aromatic carbocycles. The molecule has 20 heavy (non-hydrogen) atoms. The van der Waals surface area contributed by atoms with Crippen LogP contribution in [-0.2, 0) is 0 Å². The van der Waals surface area contributed by atoms with Crippen molar-refractivity contribution in [2.75, 3.05) is 43.4 Å². The van der Waals surface area contributed by atoms with Crippen molar-refractivity contribution in [1.29, 1.82) is 0 Å². The van der Waals surface area contributed by atoms with E-state index in [1.807, 2.05) is 12.1 Å². The summed E-state index contributed by atoms with van der Waals surface area (Å²) in [6, 6.07) is 8.19. The Morgan fingerprint density at radius 2 is 1.55 bits per heavy atom. The number of unbranched alkanes of at least 4 members (excludes halogenated alkanes) is 3. The third kappa shape index (κ3) is 5.19. The van der Waals surface area contributed by atoms with E-state index in [2.05, 4.69) is 34.6 Å². The fraction of sp³-hybridized carbons (Fsp3) is 0.625. The van der Waals surface area contributed by atoms with Gasteiger partial charge in [0.25, 0.3) is 0 Å². The lowest BCUT2D eigenvalue weighted by atomic mass is 10.2. The molecule has 1 aliphatic heterocycles. The van der Waals surface area contributed by atoms with Crippen LogP contribution in [0, 0.1) is 0 Å². The zero-order chi connectivity index (χ0) is 14.2. The van der Waals surface area contributed by atoms with E-state index in [0.29, 0.717) is 0 Å². The SMILES string of the molecule is SCCCCCCN1CCN(c2ccc(Cl)cc2)CC1. The van der Waals surface area contributed by atoms with E-state index in [1.54, 1.807) is 0 Å². The van der Waals surface area contributed by atoms with Crippen LogP contribution in [0.25, 0.3) is 0 Å². The van der Waals surface area contributed by atoms with E-state index in [4.69, 9.17) is 11.6 Å². The molecule has 1 heterocycles. The number of hydrogen-bond acceptors (Lipinski definition) is 3. The Kier molecular flexibility index (Phi) is 7.05. The first kappa shape index (κ1) is 16.0. The molecule has 0 aromatic heterocycles. The van der Waals surface area contributed by atoms with Crippen molar-refractivity contribution < 1.29 is 0 Å². The van der Waals surface area contributed by atoms with Crippen LogP contribution in [0.15, 0.2) is 24.3 Å². The Hall–Kier alpha value is -0.380. The summed E-state index contributed by atoms with van der Waals surface area (Å²) in [7, 11) is 0. The summed E-state index contributed by atoms with van der Waals surface area (Å²) in [6.07, 6.45) is 5.26. The zero-order valence-corrected chi connectivity index (χ0v) is 13.8. The maximum atomic E-state index is 5.94. The van der Waals surface area contributed by atoms with Gasteiger partial charge in [0.1, 0.15) is 0 Å². The number of thiol groups is 1. The van der Waals surface area contributed by atoms with Crippen molar-refractivity contribution >= 4 is 29.9 Å². The molecule has 0 bridgehead atoms. The second-order valence-electron chi connectivity index (χ2n) is 5.44. The minimum Gasteiger partial charge on any atom is -0.369 e. The largest absolute Gasteiger partial charge is 0.369 e. The molecule has 0 aliphatic carbocycles. The first-order valence-electron chi connectivity index (χ1n) is 7.63. The minimum absolute atomic E-state index is 0.814. The van der Waals surface area contributed by atoms with Gasteiger partial charge in [0.2, 0.25) is 0 Å². The first-order chi connectivity index (χ1) is 9.79. The summed E-state index contributed by atoms with van der Waals surface area (Å²) in [6.45, 7) is 5.85. The fourth-order valence-electron chi connectivity index (χ4n) is 2.68. The van der Waals surface area contributed by atoms with Crippen LogP contribution < -0.4 is 4.90 Å². The molecule has 112 valence electrons. The van der Waals surface area contributed by atoms with Crippen LogP contribution in [0.4, 0.5) is 5.69 Å². The van der Waals surface area contributed by atoms with E-state index >= 15 is 0 Å². The van der Waals surface area contributed by atoms with Gasteiger partial charge in [-0.05, 0) is 49.4 Å². The number of anilines is 1. The molecular formula is C16H25ClN2S. The highest BCUT2D eigenvalue weighted by Gasteiger charge is 2.16. The minimum atomic E-state index is 0.814. The molecule has 1 saturated heterocycles. The van der Waals surface area contributed by atoms with Gasteiger partial charge in [-0.15, -0.1) is 0 Å². The fourth-order valence-corrected chi connectivity index (χ4v) is 3.03. The number of piperazine rings is 1. The summed E-state index contributed by atoms with van der Waals surface area (Å²) in [5.41, 5.74) is 1.29. The number of rotatable bonds is 7. The molecule has 0 radical (unpaired) electrons. The van der Waals surface area contributed by atoms with Gasteiger partial charge in [-0.3, -0.25) is 4.90 Å². The Labute approximate surface area is 133 Å². The van der Waals surface area contributed by atoms with Gasteiger partial charge < -0.3 is 4.90 Å². The Morgan fingerprint density at radius 3 is 2.20 bits per heavy atom. The van der Waals surface area contributed by atoms with Gasteiger partial charge in [-0.2, -0.15) is 12.6 Å². The molecule has 1 aromatic rings. The van der Waals surface area contributed by atoms with Crippen molar-refractivity contribution in [3.63, 3.8) is 0 Å².